The molecule has 0 bridgehead atoms. The number of benzene rings is 1. The first kappa shape index (κ1) is 14.5. The van der Waals surface area contributed by atoms with Crippen molar-refractivity contribution in [2.24, 2.45) is 0 Å². The molecule has 3 nitrogen and oxygen atoms in total. The number of aryl methyl sites for hydroxylation is 1. The molecule has 0 saturated heterocycles. The lowest BCUT2D eigenvalue weighted by atomic mass is 9.87. The number of Topliss-reactive ketones (excluding diaryl/α,β-unsaturated/α-hetero) is 1. The van der Waals surface area contributed by atoms with Gasteiger partial charge >= 0.3 is 0 Å². The van der Waals surface area contributed by atoms with E-state index in [4.69, 9.17) is 23.2 Å². The first-order valence-electron chi connectivity index (χ1n) is 6.70. The predicted molar refractivity (Wildman–Crippen MR) is 79.7 cm³/mol. The molecule has 0 radical (unpaired) electrons. The van der Waals surface area contributed by atoms with Crippen molar-refractivity contribution in [1.29, 1.82) is 0 Å². The van der Waals surface area contributed by atoms with Gasteiger partial charge in [-0.05, 0) is 37.5 Å². The molecule has 1 atom stereocenters. The number of carbonyl (C=O) groups excluding carboxylic acids is 1. The van der Waals surface area contributed by atoms with Gasteiger partial charge in [0.15, 0.2) is 5.78 Å². The third kappa shape index (κ3) is 2.47. The highest BCUT2D eigenvalue weighted by molar-refractivity contribution is 6.34. The highest BCUT2D eigenvalue weighted by Crippen LogP contribution is 2.39. The topological polar surface area (TPSA) is 34.9 Å². The van der Waals surface area contributed by atoms with Crippen LogP contribution in [0, 0.1) is 5.82 Å². The maximum absolute atomic E-state index is 14.3. The summed E-state index contributed by atoms with van der Waals surface area (Å²) in [5, 5.41) is 4.87. The van der Waals surface area contributed by atoms with Gasteiger partial charge in [0.1, 0.15) is 5.82 Å². The molecule has 0 fully saturated rings. The van der Waals surface area contributed by atoms with Gasteiger partial charge in [0.2, 0.25) is 0 Å². The Hall–Kier alpha value is -1.39. The zero-order valence-corrected chi connectivity index (χ0v) is 12.9. The van der Waals surface area contributed by atoms with E-state index in [2.05, 4.69) is 5.10 Å². The Balaban J connectivity index is 2.16. The van der Waals surface area contributed by atoms with Gasteiger partial charge in [0.05, 0.1) is 21.9 Å². The van der Waals surface area contributed by atoms with Crippen molar-refractivity contribution >= 4 is 29.0 Å². The van der Waals surface area contributed by atoms with Gasteiger partial charge in [-0.25, -0.2) is 4.39 Å². The second kappa shape index (κ2) is 5.43. The van der Waals surface area contributed by atoms with Gasteiger partial charge in [0.25, 0.3) is 0 Å². The third-order valence-electron chi connectivity index (χ3n) is 3.87. The molecule has 1 aromatic carbocycles. The van der Waals surface area contributed by atoms with Crippen LogP contribution in [0.1, 0.15) is 47.3 Å². The second-order valence-electron chi connectivity index (χ2n) is 5.21. The Morgan fingerprint density at radius 1 is 1.38 bits per heavy atom. The SMILES string of the molecule is CC(=O)c1cc(C2CCCn3ncc(Cl)c32)c(F)cc1Cl. The summed E-state index contributed by atoms with van der Waals surface area (Å²) in [7, 11) is 0. The molecule has 110 valence electrons. The number of hydrogen-bond donors (Lipinski definition) is 0. The number of aromatic nitrogens is 2. The van der Waals surface area contributed by atoms with Crippen molar-refractivity contribution in [3.8, 4) is 0 Å². The summed E-state index contributed by atoms with van der Waals surface area (Å²) in [5.41, 5.74) is 1.59. The fraction of sp³-hybridized carbons (Fsp3) is 0.333. The minimum atomic E-state index is -0.416. The molecule has 1 aliphatic heterocycles. The van der Waals surface area contributed by atoms with Crippen LogP contribution < -0.4 is 0 Å². The number of fused-ring (bicyclic) bond motifs is 1. The molecule has 2 aromatic rings. The van der Waals surface area contributed by atoms with E-state index in [0.717, 1.165) is 25.1 Å². The number of hydrogen-bond acceptors (Lipinski definition) is 2. The Labute approximate surface area is 131 Å². The highest BCUT2D eigenvalue weighted by Gasteiger charge is 2.28. The van der Waals surface area contributed by atoms with Crippen molar-refractivity contribution in [3.05, 3.63) is 51.0 Å². The van der Waals surface area contributed by atoms with Crippen molar-refractivity contribution in [2.45, 2.75) is 32.2 Å². The Bertz CT molecular complexity index is 727. The minimum Gasteiger partial charge on any atom is -0.294 e. The lowest BCUT2D eigenvalue weighted by molar-refractivity contribution is 0.101. The number of rotatable bonds is 2. The van der Waals surface area contributed by atoms with Crippen molar-refractivity contribution < 1.29 is 9.18 Å². The van der Waals surface area contributed by atoms with E-state index < -0.39 is 5.82 Å². The average Bonchev–Trinajstić information content (AvgIpc) is 2.80. The standard InChI is InChI=1S/C15H13Cl2FN2O/c1-8(21)10-5-11(14(18)6-12(10)16)9-3-2-4-20-15(9)13(17)7-19-20/h5-7,9H,2-4H2,1H3. The molecule has 1 aromatic heterocycles. The molecule has 0 aliphatic carbocycles. The fourth-order valence-corrected chi connectivity index (χ4v) is 3.44. The first-order valence-corrected chi connectivity index (χ1v) is 7.45. The first-order chi connectivity index (χ1) is 9.99. The van der Waals surface area contributed by atoms with Crippen LogP contribution in [0.4, 0.5) is 4.39 Å². The number of halogens is 3. The second-order valence-corrected chi connectivity index (χ2v) is 6.02. The Morgan fingerprint density at radius 2 is 2.14 bits per heavy atom. The van der Waals surface area contributed by atoms with Crippen LogP contribution in [0.3, 0.4) is 0 Å². The van der Waals surface area contributed by atoms with Crippen LogP contribution >= 0.6 is 23.2 Å². The largest absolute Gasteiger partial charge is 0.294 e. The molecule has 0 amide bonds. The smallest absolute Gasteiger partial charge is 0.161 e. The normalized spacial score (nSPS) is 17.6. The lowest BCUT2D eigenvalue weighted by Crippen LogP contribution is -2.18. The fourth-order valence-electron chi connectivity index (χ4n) is 2.88. The van der Waals surface area contributed by atoms with Gasteiger partial charge in [0, 0.05) is 18.0 Å². The van der Waals surface area contributed by atoms with E-state index in [9.17, 15) is 9.18 Å². The predicted octanol–water partition coefficient (Wildman–Crippen LogP) is 4.46. The van der Waals surface area contributed by atoms with Crippen LogP contribution in [0.5, 0.6) is 0 Å². The molecule has 1 unspecified atom stereocenters. The van der Waals surface area contributed by atoms with E-state index in [-0.39, 0.29) is 16.7 Å². The van der Waals surface area contributed by atoms with E-state index in [0.29, 0.717) is 16.1 Å². The number of carbonyl (C=O) groups is 1. The van der Waals surface area contributed by atoms with Crippen LogP contribution in [-0.2, 0) is 6.54 Å². The summed E-state index contributed by atoms with van der Waals surface area (Å²) in [4.78, 5) is 11.6. The van der Waals surface area contributed by atoms with Gasteiger partial charge in [-0.1, -0.05) is 23.2 Å². The molecule has 1 aliphatic rings. The van der Waals surface area contributed by atoms with Crippen LogP contribution in [0.15, 0.2) is 18.3 Å². The van der Waals surface area contributed by atoms with Gasteiger partial charge in [-0.15, -0.1) is 0 Å². The molecular formula is C15H13Cl2FN2O. The maximum atomic E-state index is 14.3. The minimum absolute atomic E-state index is 0.138. The highest BCUT2D eigenvalue weighted by atomic mass is 35.5. The summed E-state index contributed by atoms with van der Waals surface area (Å²) >= 11 is 12.1. The van der Waals surface area contributed by atoms with Crippen LogP contribution in [0.25, 0.3) is 0 Å². The summed E-state index contributed by atoms with van der Waals surface area (Å²) in [5.74, 6) is -0.804. The molecule has 0 saturated carbocycles. The lowest BCUT2D eigenvalue weighted by Gasteiger charge is -2.25. The number of ketones is 1. The molecular weight excluding hydrogens is 314 g/mol. The molecule has 0 N–H and O–H groups in total. The van der Waals surface area contributed by atoms with E-state index in [1.165, 1.54) is 13.0 Å². The summed E-state index contributed by atoms with van der Waals surface area (Å²) in [6, 6.07) is 2.75. The van der Waals surface area contributed by atoms with Crippen molar-refractivity contribution in [1.82, 2.24) is 9.78 Å². The zero-order chi connectivity index (χ0) is 15.1. The third-order valence-corrected chi connectivity index (χ3v) is 4.47. The molecule has 21 heavy (non-hydrogen) atoms. The van der Waals surface area contributed by atoms with Gasteiger partial charge in [-0.3, -0.25) is 9.48 Å². The van der Waals surface area contributed by atoms with Gasteiger partial charge < -0.3 is 0 Å². The molecule has 2 heterocycles. The summed E-state index contributed by atoms with van der Waals surface area (Å²) in [6.07, 6.45) is 3.23. The monoisotopic (exact) mass is 326 g/mol. The van der Waals surface area contributed by atoms with Crippen LogP contribution in [-0.4, -0.2) is 15.6 Å². The van der Waals surface area contributed by atoms with E-state index in [1.54, 1.807) is 16.9 Å². The van der Waals surface area contributed by atoms with Gasteiger partial charge in [-0.2, -0.15) is 5.10 Å². The quantitative estimate of drug-likeness (QED) is 0.764. The Morgan fingerprint density at radius 3 is 2.86 bits per heavy atom. The zero-order valence-electron chi connectivity index (χ0n) is 11.4. The van der Waals surface area contributed by atoms with Crippen molar-refractivity contribution in [3.63, 3.8) is 0 Å². The molecule has 0 spiro atoms. The average molecular weight is 327 g/mol. The Kier molecular flexibility index (Phi) is 3.76. The number of nitrogens with zero attached hydrogens (tertiary/aromatic N) is 2. The maximum Gasteiger partial charge on any atom is 0.161 e. The summed E-state index contributed by atoms with van der Waals surface area (Å²) < 4.78 is 16.1. The van der Waals surface area contributed by atoms with Crippen LogP contribution in [0.2, 0.25) is 10.0 Å². The van der Waals surface area contributed by atoms with E-state index in [1.807, 2.05) is 0 Å². The summed E-state index contributed by atoms with van der Waals surface area (Å²) in [6.45, 7) is 2.19. The van der Waals surface area contributed by atoms with Crippen molar-refractivity contribution in [2.75, 3.05) is 0 Å². The molecule has 6 heteroatoms. The van der Waals surface area contributed by atoms with E-state index >= 15 is 0 Å². The molecule has 3 rings (SSSR count).